The molecule has 0 fully saturated rings. The Morgan fingerprint density at radius 3 is 2.68 bits per heavy atom. The van der Waals surface area contributed by atoms with Gasteiger partial charge in [0.2, 0.25) is 0 Å². The van der Waals surface area contributed by atoms with Crippen molar-refractivity contribution in [3.8, 4) is 5.75 Å². The third-order valence-electron chi connectivity index (χ3n) is 3.23. The SMILES string of the molecule is CCC(N)Cc1cccc(Br)c1OCCCC(C)C. The van der Waals surface area contributed by atoms with E-state index < -0.39 is 0 Å². The van der Waals surface area contributed by atoms with E-state index >= 15 is 0 Å². The second-order valence-electron chi connectivity index (χ2n) is 5.49. The van der Waals surface area contributed by atoms with E-state index in [1.165, 1.54) is 12.0 Å². The van der Waals surface area contributed by atoms with Crippen LogP contribution < -0.4 is 10.5 Å². The third kappa shape index (κ3) is 5.96. The molecule has 1 rings (SSSR count). The van der Waals surface area contributed by atoms with Gasteiger partial charge in [-0.2, -0.15) is 0 Å². The predicted molar refractivity (Wildman–Crippen MR) is 85.7 cm³/mol. The molecule has 0 radical (unpaired) electrons. The molecule has 0 amide bonds. The number of rotatable bonds is 8. The minimum Gasteiger partial charge on any atom is -0.492 e. The van der Waals surface area contributed by atoms with Crippen LogP contribution in [0, 0.1) is 5.92 Å². The van der Waals surface area contributed by atoms with Crippen molar-refractivity contribution in [3.05, 3.63) is 28.2 Å². The highest BCUT2D eigenvalue weighted by atomic mass is 79.9. The number of nitrogens with two attached hydrogens (primary N) is 1. The Bertz CT molecular complexity index is 379. The van der Waals surface area contributed by atoms with Crippen molar-refractivity contribution in [2.24, 2.45) is 11.7 Å². The number of hydrogen-bond donors (Lipinski definition) is 1. The molecular weight excluding hydrogens is 302 g/mol. The first kappa shape index (κ1) is 16.5. The summed E-state index contributed by atoms with van der Waals surface area (Å²) in [5.74, 6) is 1.70. The quantitative estimate of drug-likeness (QED) is 0.711. The van der Waals surface area contributed by atoms with E-state index in [1.54, 1.807) is 0 Å². The van der Waals surface area contributed by atoms with Gasteiger partial charge in [-0.1, -0.05) is 32.9 Å². The van der Waals surface area contributed by atoms with Gasteiger partial charge >= 0.3 is 0 Å². The van der Waals surface area contributed by atoms with Crippen molar-refractivity contribution in [1.29, 1.82) is 0 Å². The number of halogens is 1. The van der Waals surface area contributed by atoms with Crippen LogP contribution in [0.3, 0.4) is 0 Å². The topological polar surface area (TPSA) is 35.2 Å². The van der Waals surface area contributed by atoms with Crippen LogP contribution in [0.4, 0.5) is 0 Å². The van der Waals surface area contributed by atoms with Gasteiger partial charge in [-0.3, -0.25) is 0 Å². The largest absolute Gasteiger partial charge is 0.492 e. The minimum atomic E-state index is 0.201. The molecule has 108 valence electrons. The number of para-hydroxylation sites is 1. The Balaban J connectivity index is 2.64. The maximum Gasteiger partial charge on any atom is 0.136 e. The Labute approximate surface area is 125 Å². The highest BCUT2D eigenvalue weighted by Crippen LogP contribution is 2.30. The zero-order valence-corrected chi connectivity index (χ0v) is 13.9. The second kappa shape index (κ2) is 8.60. The lowest BCUT2D eigenvalue weighted by Crippen LogP contribution is -2.21. The normalized spacial score (nSPS) is 12.7. The molecule has 0 aliphatic rings. The maximum atomic E-state index is 6.05. The van der Waals surface area contributed by atoms with Crippen molar-refractivity contribution < 1.29 is 4.74 Å². The summed E-state index contributed by atoms with van der Waals surface area (Å²) in [6, 6.07) is 6.38. The van der Waals surface area contributed by atoms with Crippen LogP contribution in [0.1, 0.15) is 45.6 Å². The number of benzene rings is 1. The van der Waals surface area contributed by atoms with Gasteiger partial charge in [0, 0.05) is 6.04 Å². The summed E-state index contributed by atoms with van der Waals surface area (Å²) < 4.78 is 6.99. The molecule has 2 N–H and O–H groups in total. The maximum absolute atomic E-state index is 6.05. The first-order valence-corrected chi connectivity index (χ1v) is 7.99. The summed E-state index contributed by atoms with van der Waals surface area (Å²) in [7, 11) is 0. The Kier molecular flexibility index (Phi) is 7.47. The lowest BCUT2D eigenvalue weighted by molar-refractivity contribution is 0.292. The molecule has 0 aromatic heterocycles. The lowest BCUT2D eigenvalue weighted by Gasteiger charge is -2.16. The fourth-order valence-corrected chi connectivity index (χ4v) is 2.49. The number of hydrogen-bond acceptors (Lipinski definition) is 2. The molecule has 1 aromatic carbocycles. The van der Waals surface area contributed by atoms with E-state index in [1.807, 2.05) is 12.1 Å². The van der Waals surface area contributed by atoms with Crippen LogP contribution in [-0.4, -0.2) is 12.6 Å². The Morgan fingerprint density at radius 2 is 2.05 bits per heavy atom. The van der Waals surface area contributed by atoms with E-state index in [0.717, 1.165) is 42.0 Å². The van der Waals surface area contributed by atoms with Gasteiger partial charge in [0.05, 0.1) is 11.1 Å². The van der Waals surface area contributed by atoms with Crippen LogP contribution in [0.5, 0.6) is 5.75 Å². The second-order valence-corrected chi connectivity index (χ2v) is 6.34. The summed E-state index contributed by atoms with van der Waals surface area (Å²) in [5, 5.41) is 0. The fourth-order valence-electron chi connectivity index (χ4n) is 1.97. The van der Waals surface area contributed by atoms with E-state index in [4.69, 9.17) is 10.5 Å². The Hall–Kier alpha value is -0.540. The molecule has 2 nitrogen and oxygen atoms in total. The molecule has 3 heteroatoms. The van der Waals surface area contributed by atoms with Crippen molar-refractivity contribution in [3.63, 3.8) is 0 Å². The lowest BCUT2D eigenvalue weighted by atomic mass is 10.0. The van der Waals surface area contributed by atoms with Crippen molar-refractivity contribution in [2.75, 3.05) is 6.61 Å². The van der Waals surface area contributed by atoms with Gasteiger partial charge in [-0.05, 0) is 59.2 Å². The molecule has 0 aliphatic heterocycles. The summed E-state index contributed by atoms with van der Waals surface area (Å²) in [6.45, 7) is 7.37. The predicted octanol–water partition coefficient (Wildman–Crippen LogP) is 4.54. The van der Waals surface area contributed by atoms with Gasteiger partial charge in [0.1, 0.15) is 5.75 Å². The van der Waals surface area contributed by atoms with Crippen molar-refractivity contribution in [2.45, 2.75) is 52.5 Å². The van der Waals surface area contributed by atoms with Crippen molar-refractivity contribution in [1.82, 2.24) is 0 Å². The van der Waals surface area contributed by atoms with Gasteiger partial charge < -0.3 is 10.5 Å². The molecule has 0 aliphatic carbocycles. The molecule has 0 bridgehead atoms. The zero-order chi connectivity index (χ0) is 14.3. The molecule has 0 heterocycles. The van der Waals surface area contributed by atoms with Gasteiger partial charge in [0.15, 0.2) is 0 Å². The molecule has 1 atom stereocenters. The van der Waals surface area contributed by atoms with Crippen molar-refractivity contribution >= 4 is 15.9 Å². The monoisotopic (exact) mass is 327 g/mol. The molecule has 1 unspecified atom stereocenters. The van der Waals surface area contributed by atoms with Crippen LogP contribution in [0.2, 0.25) is 0 Å². The standard InChI is InChI=1S/C16H26BrNO/c1-4-14(18)11-13-8-5-9-15(17)16(13)19-10-6-7-12(2)3/h5,8-9,12,14H,4,6-7,10-11,18H2,1-3H3. The van der Waals surface area contributed by atoms with E-state index in [2.05, 4.69) is 42.8 Å². The van der Waals surface area contributed by atoms with Gasteiger partial charge in [-0.25, -0.2) is 0 Å². The molecular formula is C16H26BrNO. The fraction of sp³-hybridized carbons (Fsp3) is 0.625. The minimum absolute atomic E-state index is 0.201. The molecule has 1 aromatic rings. The summed E-state index contributed by atoms with van der Waals surface area (Å²) >= 11 is 3.57. The van der Waals surface area contributed by atoms with Gasteiger partial charge in [0.25, 0.3) is 0 Å². The van der Waals surface area contributed by atoms with Crippen LogP contribution in [0.25, 0.3) is 0 Å². The summed E-state index contributed by atoms with van der Waals surface area (Å²) in [4.78, 5) is 0. The van der Waals surface area contributed by atoms with Crippen LogP contribution in [0.15, 0.2) is 22.7 Å². The molecule has 0 spiro atoms. The highest BCUT2D eigenvalue weighted by Gasteiger charge is 2.11. The first-order valence-electron chi connectivity index (χ1n) is 7.20. The molecule has 0 saturated heterocycles. The smallest absolute Gasteiger partial charge is 0.136 e. The molecule has 0 saturated carbocycles. The average molecular weight is 328 g/mol. The van der Waals surface area contributed by atoms with E-state index in [9.17, 15) is 0 Å². The van der Waals surface area contributed by atoms with E-state index in [0.29, 0.717) is 0 Å². The van der Waals surface area contributed by atoms with Crippen LogP contribution in [-0.2, 0) is 6.42 Å². The summed E-state index contributed by atoms with van der Waals surface area (Å²) in [6.07, 6.45) is 4.15. The molecule has 19 heavy (non-hydrogen) atoms. The summed E-state index contributed by atoms with van der Waals surface area (Å²) in [5.41, 5.74) is 7.25. The number of ether oxygens (including phenoxy) is 1. The highest BCUT2D eigenvalue weighted by molar-refractivity contribution is 9.10. The van der Waals surface area contributed by atoms with Crippen LogP contribution >= 0.6 is 15.9 Å². The third-order valence-corrected chi connectivity index (χ3v) is 3.85. The van der Waals surface area contributed by atoms with E-state index in [-0.39, 0.29) is 6.04 Å². The van der Waals surface area contributed by atoms with Gasteiger partial charge in [-0.15, -0.1) is 0 Å². The first-order chi connectivity index (χ1) is 9.04. The Morgan fingerprint density at radius 1 is 1.32 bits per heavy atom. The average Bonchev–Trinajstić information content (AvgIpc) is 2.36. The zero-order valence-electron chi connectivity index (χ0n) is 12.3.